The number of carbonyl (C=O) groups is 1. The first-order valence-corrected chi connectivity index (χ1v) is 5.91. The lowest BCUT2D eigenvalue weighted by Gasteiger charge is -2.29. The number of amides is 1. The van der Waals surface area contributed by atoms with Gasteiger partial charge in [-0.1, -0.05) is 0 Å². The summed E-state index contributed by atoms with van der Waals surface area (Å²) in [6, 6.07) is 2.76. The Balaban J connectivity index is 3.18. The minimum atomic E-state index is -0.485. The van der Waals surface area contributed by atoms with Crippen molar-refractivity contribution in [2.24, 2.45) is 5.73 Å². The molecular formula is C11H15BrFN3O. The SMILES string of the molecule is CC(C)N(CC(N)=O)c1cc(F)c(Br)cc1N. The molecule has 1 amide bonds. The first-order valence-electron chi connectivity index (χ1n) is 5.12. The molecule has 0 aromatic heterocycles. The minimum Gasteiger partial charge on any atom is -0.397 e. The summed E-state index contributed by atoms with van der Waals surface area (Å²) in [5.74, 6) is -0.911. The van der Waals surface area contributed by atoms with E-state index in [1.54, 1.807) is 4.90 Å². The third kappa shape index (κ3) is 3.33. The van der Waals surface area contributed by atoms with Crippen molar-refractivity contribution < 1.29 is 9.18 Å². The molecule has 1 rings (SSSR count). The molecule has 0 radical (unpaired) electrons. The molecule has 0 aliphatic rings. The second-order valence-corrected chi connectivity index (χ2v) is 4.87. The van der Waals surface area contributed by atoms with E-state index < -0.39 is 11.7 Å². The number of rotatable bonds is 4. The second kappa shape index (κ2) is 5.35. The Kier molecular flexibility index (Phi) is 4.34. The second-order valence-electron chi connectivity index (χ2n) is 4.01. The number of carbonyl (C=O) groups excluding carboxylic acids is 1. The van der Waals surface area contributed by atoms with Gasteiger partial charge in [-0.15, -0.1) is 0 Å². The Morgan fingerprint density at radius 3 is 2.59 bits per heavy atom. The van der Waals surface area contributed by atoms with E-state index in [9.17, 15) is 9.18 Å². The fourth-order valence-electron chi connectivity index (χ4n) is 1.51. The molecule has 1 aromatic rings. The minimum absolute atomic E-state index is 0.00292. The molecule has 0 bridgehead atoms. The van der Waals surface area contributed by atoms with Crippen LogP contribution in [0, 0.1) is 5.82 Å². The molecule has 6 heteroatoms. The molecule has 0 saturated carbocycles. The molecule has 0 aliphatic heterocycles. The highest BCUT2D eigenvalue weighted by molar-refractivity contribution is 9.10. The van der Waals surface area contributed by atoms with E-state index in [1.165, 1.54) is 12.1 Å². The highest BCUT2D eigenvalue weighted by Crippen LogP contribution is 2.30. The normalized spacial score (nSPS) is 10.6. The Morgan fingerprint density at radius 2 is 2.12 bits per heavy atom. The topological polar surface area (TPSA) is 72.3 Å². The number of hydrogen-bond donors (Lipinski definition) is 2. The average molecular weight is 304 g/mol. The van der Waals surface area contributed by atoms with Crippen molar-refractivity contribution in [1.29, 1.82) is 0 Å². The zero-order valence-corrected chi connectivity index (χ0v) is 11.3. The molecule has 0 heterocycles. The summed E-state index contributed by atoms with van der Waals surface area (Å²) in [6.07, 6.45) is 0. The van der Waals surface area contributed by atoms with Crippen molar-refractivity contribution in [3.63, 3.8) is 0 Å². The molecule has 4 N–H and O–H groups in total. The van der Waals surface area contributed by atoms with Crippen LogP contribution in [0.3, 0.4) is 0 Å². The van der Waals surface area contributed by atoms with Crippen molar-refractivity contribution in [3.8, 4) is 0 Å². The highest BCUT2D eigenvalue weighted by atomic mass is 79.9. The molecule has 4 nitrogen and oxygen atoms in total. The third-order valence-corrected chi connectivity index (χ3v) is 2.94. The molecule has 0 unspecified atom stereocenters. The van der Waals surface area contributed by atoms with Gasteiger partial charge in [0, 0.05) is 12.1 Å². The van der Waals surface area contributed by atoms with E-state index in [1.807, 2.05) is 13.8 Å². The highest BCUT2D eigenvalue weighted by Gasteiger charge is 2.17. The summed E-state index contributed by atoms with van der Waals surface area (Å²) < 4.78 is 13.8. The van der Waals surface area contributed by atoms with Crippen molar-refractivity contribution in [2.75, 3.05) is 17.2 Å². The number of hydrogen-bond acceptors (Lipinski definition) is 3. The van der Waals surface area contributed by atoms with Gasteiger partial charge in [0.25, 0.3) is 0 Å². The zero-order valence-electron chi connectivity index (χ0n) is 9.71. The maximum atomic E-state index is 13.5. The van der Waals surface area contributed by atoms with E-state index >= 15 is 0 Å². The van der Waals surface area contributed by atoms with Crippen LogP contribution in [-0.4, -0.2) is 18.5 Å². The predicted molar refractivity (Wildman–Crippen MR) is 70.2 cm³/mol. The maximum absolute atomic E-state index is 13.5. The quantitative estimate of drug-likeness (QED) is 0.834. The van der Waals surface area contributed by atoms with Gasteiger partial charge in [-0.05, 0) is 35.8 Å². The van der Waals surface area contributed by atoms with E-state index in [0.29, 0.717) is 15.8 Å². The number of halogens is 2. The van der Waals surface area contributed by atoms with Gasteiger partial charge >= 0.3 is 0 Å². The Morgan fingerprint density at radius 1 is 1.53 bits per heavy atom. The molecular weight excluding hydrogens is 289 g/mol. The van der Waals surface area contributed by atoms with E-state index in [4.69, 9.17) is 11.5 Å². The summed E-state index contributed by atoms with van der Waals surface area (Å²) in [4.78, 5) is 12.6. The zero-order chi connectivity index (χ0) is 13.2. The van der Waals surface area contributed by atoms with Crippen LogP contribution in [0.15, 0.2) is 16.6 Å². The van der Waals surface area contributed by atoms with Crippen LogP contribution in [0.25, 0.3) is 0 Å². The summed E-state index contributed by atoms with van der Waals surface area (Å²) in [5.41, 5.74) is 11.8. The van der Waals surface area contributed by atoms with Crippen LogP contribution in [0.4, 0.5) is 15.8 Å². The molecule has 94 valence electrons. The molecule has 0 fully saturated rings. The smallest absolute Gasteiger partial charge is 0.236 e. The lowest BCUT2D eigenvalue weighted by atomic mass is 10.2. The number of primary amides is 1. The molecule has 0 aliphatic carbocycles. The van der Waals surface area contributed by atoms with Crippen molar-refractivity contribution >= 4 is 33.2 Å². The largest absolute Gasteiger partial charge is 0.397 e. The lowest BCUT2D eigenvalue weighted by molar-refractivity contribution is -0.116. The van der Waals surface area contributed by atoms with Crippen molar-refractivity contribution in [1.82, 2.24) is 0 Å². The van der Waals surface area contributed by atoms with Crippen LogP contribution in [0.2, 0.25) is 0 Å². The van der Waals surface area contributed by atoms with Crippen molar-refractivity contribution in [3.05, 3.63) is 22.4 Å². The van der Waals surface area contributed by atoms with Gasteiger partial charge in [0.05, 0.1) is 22.4 Å². The van der Waals surface area contributed by atoms with Gasteiger partial charge in [-0.25, -0.2) is 4.39 Å². The third-order valence-electron chi connectivity index (χ3n) is 2.33. The van der Waals surface area contributed by atoms with Crippen LogP contribution in [0.1, 0.15) is 13.8 Å². The predicted octanol–water partition coefficient (Wildman–Crippen LogP) is 1.87. The first kappa shape index (κ1) is 13.8. The molecule has 0 spiro atoms. The van der Waals surface area contributed by atoms with E-state index in [-0.39, 0.29) is 12.6 Å². The van der Waals surface area contributed by atoms with E-state index in [0.717, 1.165) is 0 Å². The van der Waals surface area contributed by atoms with Gasteiger partial charge in [0.2, 0.25) is 5.91 Å². The van der Waals surface area contributed by atoms with Gasteiger partial charge in [-0.3, -0.25) is 4.79 Å². The Hall–Kier alpha value is -1.30. The van der Waals surface area contributed by atoms with Gasteiger partial charge in [-0.2, -0.15) is 0 Å². The summed E-state index contributed by atoms with van der Waals surface area (Å²) in [5, 5.41) is 0. The van der Waals surface area contributed by atoms with Crippen LogP contribution in [-0.2, 0) is 4.79 Å². The van der Waals surface area contributed by atoms with Crippen LogP contribution in [0.5, 0.6) is 0 Å². The molecule has 17 heavy (non-hydrogen) atoms. The van der Waals surface area contributed by atoms with E-state index in [2.05, 4.69) is 15.9 Å². The number of nitrogen functional groups attached to an aromatic ring is 1. The van der Waals surface area contributed by atoms with Gasteiger partial charge in [0.1, 0.15) is 5.82 Å². The first-order chi connectivity index (χ1) is 7.82. The fraction of sp³-hybridized carbons (Fsp3) is 0.364. The van der Waals surface area contributed by atoms with Crippen LogP contribution >= 0.6 is 15.9 Å². The average Bonchev–Trinajstić information content (AvgIpc) is 2.20. The van der Waals surface area contributed by atoms with Crippen molar-refractivity contribution in [2.45, 2.75) is 19.9 Å². The summed E-state index contributed by atoms with van der Waals surface area (Å²) >= 11 is 3.05. The number of anilines is 2. The molecule has 1 aromatic carbocycles. The summed E-state index contributed by atoms with van der Waals surface area (Å²) in [7, 11) is 0. The fourth-order valence-corrected chi connectivity index (χ4v) is 1.88. The lowest BCUT2D eigenvalue weighted by Crippen LogP contribution is -2.39. The number of nitrogens with zero attached hydrogens (tertiary/aromatic N) is 1. The van der Waals surface area contributed by atoms with Crippen LogP contribution < -0.4 is 16.4 Å². The monoisotopic (exact) mass is 303 g/mol. The van der Waals surface area contributed by atoms with Gasteiger partial charge < -0.3 is 16.4 Å². The Bertz CT molecular complexity index is 437. The molecule has 0 atom stereocenters. The van der Waals surface area contributed by atoms with Gasteiger partial charge in [0.15, 0.2) is 0 Å². The molecule has 0 saturated heterocycles. The summed E-state index contributed by atoms with van der Waals surface area (Å²) in [6.45, 7) is 3.76. The standard InChI is InChI=1S/C11H15BrFN3O/c1-6(2)16(5-11(15)17)10-4-8(13)7(12)3-9(10)14/h3-4,6H,5,14H2,1-2H3,(H2,15,17). The number of benzene rings is 1. The number of nitrogens with two attached hydrogens (primary N) is 2. The maximum Gasteiger partial charge on any atom is 0.236 e. The Labute approximate surface area is 108 Å².